The summed E-state index contributed by atoms with van der Waals surface area (Å²) in [5.74, 6) is 0.172. The summed E-state index contributed by atoms with van der Waals surface area (Å²) in [6, 6.07) is 5.67. The Morgan fingerprint density at radius 3 is 3.00 bits per heavy atom. The number of halogens is 1. The van der Waals surface area contributed by atoms with Gasteiger partial charge >= 0.3 is 0 Å². The van der Waals surface area contributed by atoms with Crippen molar-refractivity contribution in [2.45, 2.75) is 0 Å². The van der Waals surface area contributed by atoms with Crippen molar-refractivity contribution in [1.82, 2.24) is 20.2 Å². The van der Waals surface area contributed by atoms with E-state index in [2.05, 4.69) is 31.2 Å². The summed E-state index contributed by atoms with van der Waals surface area (Å²) in [6.45, 7) is 1.41. The number of H-pyrrole nitrogens is 1. The van der Waals surface area contributed by atoms with Crippen molar-refractivity contribution < 1.29 is 4.79 Å². The van der Waals surface area contributed by atoms with Crippen LogP contribution in [0.1, 0.15) is 10.6 Å². The molecule has 0 aliphatic carbocycles. The Kier molecular flexibility index (Phi) is 3.98. The number of hydrogen-bond acceptors (Lipinski definition) is 3. The maximum atomic E-state index is 11.8. The molecular weight excluding hydrogens is 296 g/mol. The van der Waals surface area contributed by atoms with E-state index in [4.69, 9.17) is 0 Å². The van der Waals surface area contributed by atoms with Gasteiger partial charge in [0, 0.05) is 17.6 Å². The fourth-order valence-corrected chi connectivity index (χ4v) is 1.93. The number of fused-ring (bicyclic) bond motifs is 1. The van der Waals surface area contributed by atoms with Crippen LogP contribution in [0.15, 0.2) is 22.7 Å². The largest absolute Gasteiger partial charge is 0.348 e. The molecule has 6 heteroatoms. The molecule has 0 unspecified atom stereocenters. The monoisotopic (exact) mass is 310 g/mol. The van der Waals surface area contributed by atoms with Gasteiger partial charge in [0.05, 0.1) is 11.0 Å². The fraction of sp³-hybridized carbons (Fsp3) is 0.333. The van der Waals surface area contributed by atoms with Crippen LogP contribution < -0.4 is 5.32 Å². The van der Waals surface area contributed by atoms with Crippen LogP contribution in [0.2, 0.25) is 0 Å². The van der Waals surface area contributed by atoms with Gasteiger partial charge in [-0.05, 0) is 32.3 Å². The standard InChI is InChI=1S/C12H15BrN4O/c1-17(2)6-5-14-12(18)11-15-9-4-3-8(13)7-10(9)16-11/h3-4,7H,5-6H2,1-2H3,(H,14,18)(H,15,16). The normalized spacial score (nSPS) is 11.1. The quantitative estimate of drug-likeness (QED) is 0.902. The molecule has 18 heavy (non-hydrogen) atoms. The first-order valence-electron chi connectivity index (χ1n) is 5.64. The predicted octanol–water partition coefficient (Wildman–Crippen LogP) is 1.62. The molecule has 0 aliphatic heterocycles. The first-order chi connectivity index (χ1) is 8.56. The molecule has 0 saturated carbocycles. The van der Waals surface area contributed by atoms with Gasteiger partial charge in [0.2, 0.25) is 0 Å². The molecule has 1 aromatic carbocycles. The fourth-order valence-electron chi connectivity index (χ4n) is 1.57. The Balaban J connectivity index is 2.08. The Bertz CT molecular complexity index is 564. The summed E-state index contributed by atoms with van der Waals surface area (Å²) in [4.78, 5) is 21.1. The van der Waals surface area contributed by atoms with Gasteiger partial charge in [-0.2, -0.15) is 0 Å². The second-order valence-electron chi connectivity index (χ2n) is 4.31. The summed E-state index contributed by atoms with van der Waals surface area (Å²) in [7, 11) is 3.93. The predicted molar refractivity (Wildman–Crippen MR) is 74.7 cm³/mol. The zero-order valence-electron chi connectivity index (χ0n) is 10.3. The minimum absolute atomic E-state index is 0.177. The number of likely N-dealkylation sites (N-methyl/N-ethyl adjacent to an activating group) is 1. The average Bonchev–Trinajstić information content (AvgIpc) is 2.71. The van der Waals surface area contributed by atoms with Crippen molar-refractivity contribution in [3.05, 3.63) is 28.5 Å². The molecule has 5 nitrogen and oxygen atoms in total. The molecule has 0 fully saturated rings. The van der Waals surface area contributed by atoms with Gasteiger partial charge in [-0.15, -0.1) is 0 Å². The van der Waals surface area contributed by atoms with E-state index in [1.807, 2.05) is 37.2 Å². The van der Waals surface area contributed by atoms with Gasteiger partial charge in [-0.1, -0.05) is 15.9 Å². The van der Waals surface area contributed by atoms with E-state index < -0.39 is 0 Å². The van der Waals surface area contributed by atoms with Crippen molar-refractivity contribution in [3.8, 4) is 0 Å². The topological polar surface area (TPSA) is 61.0 Å². The number of nitrogens with zero attached hydrogens (tertiary/aromatic N) is 2. The van der Waals surface area contributed by atoms with E-state index in [0.717, 1.165) is 22.1 Å². The highest BCUT2D eigenvalue weighted by Crippen LogP contribution is 2.17. The zero-order chi connectivity index (χ0) is 13.1. The highest BCUT2D eigenvalue weighted by Gasteiger charge is 2.10. The van der Waals surface area contributed by atoms with E-state index in [1.165, 1.54) is 0 Å². The molecule has 1 amide bonds. The van der Waals surface area contributed by atoms with Crippen LogP contribution in [0, 0.1) is 0 Å². The van der Waals surface area contributed by atoms with Crippen LogP contribution in [0.5, 0.6) is 0 Å². The summed E-state index contributed by atoms with van der Waals surface area (Å²) in [5, 5.41) is 2.82. The summed E-state index contributed by atoms with van der Waals surface area (Å²) < 4.78 is 0.957. The van der Waals surface area contributed by atoms with Crippen molar-refractivity contribution in [2.75, 3.05) is 27.2 Å². The number of rotatable bonds is 4. The molecule has 1 heterocycles. The number of nitrogens with one attached hydrogen (secondary N) is 2. The third-order valence-corrected chi connectivity index (χ3v) is 3.00. The van der Waals surface area contributed by atoms with E-state index >= 15 is 0 Å². The molecule has 0 radical (unpaired) electrons. The van der Waals surface area contributed by atoms with Gasteiger partial charge in [0.25, 0.3) is 5.91 Å². The number of carbonyl (C=O) groups is 1. The summed E-state index contributed by atoms with van der Waals surface area (Å²) >= 11 is 3.38. The molecule has 2 rings (SSSR count). The lowest BCUT2D eigenvalue weighted by Crippen LogP contribution is -2.31. The zero-order valence-corrected chi connectivity index (χ0v) is 11.9. The average molecular weight is 311 g/mol. The molecule has 1 aromatic heterocycles. The molecule has 0 aliphatic rings. The number of aromatic amines is 1. The van der Waals surface area contributed by atoms with Gasteiger partial charge in [0.15, 0.2) is 5.82 Å². The van der Waals surface area contributed by atoms with E-state index in [9.17, 15) is 4.79 Å². The lowest BCUT2D eigenvalue weighted by atomic mass is 10.3. The van der Waals surface area contributed by atoms with Crippen LogP contribution in [-0.2, 0) is 0 Å². The third-order valence-electron chi connectivity index (χ3n) is 2.50. The second-order valence-corrected chi connectivity index (χ2v) is 5.22. The third kappa shape index (κ3) is 3.08. The Morgan fingerprint density at radius 2 is 2.28 bits per heavy atom. The highest BCUT2D eigenvalue weighted by molar-refractivity contribution is 9.10. The van der Waals surface area contributed by atoms with Crippen molar-refractivity contribution in [2.24, 2.45) is 0 Å². The van der Waals surface area contributed by atoms with Crippen molar-refractivity contribution in [1.29, 1.82) is 0 Å². The molecular formula is C12H15BrN4O. The molecule has 2 aromatic rings. The number of amides is 1. The van der Waals surface area contributed by atoms with Gasteiger partial charge in [0.1, 0.15) is 0 Å². The number of hydrogen-bond donors (Lipinski definition) is 2. The number of imidazole rings is 1. The van der Waals surface area contributed by atoms with Crippen LogP contribution in [0.25, 0.3) is 11.0 Å². The first kappa shape index (κ1) is 13.0. The molecule has 2 N–H and O–H groups in total. The molecule has 0 atom stereocenters. The number of carbonyl (C=O) groups excluding carboxylic acids is 1. The van der Waals surface area contributed by atoms with Gasteiger partial charge < -0.3 is 15.2 Å². The van der Waals surface area contributed by atoms with Gasteiger partial charge in [-0.25, -0.2) is 4.98 Å². The Morgan fingerprint density at radius 1 is 1.50 bits per heavy atom. The maximum absolute atomic E-state index is 11.8. The Labute approximate surface area is 114 Å². The van der Waals surface area contributed by atoms with E-state index in [-0.39, 0.29) is 5.91 Å². The minimum atomic E-state index is -0.177. The summed E-state index contributed by atoms with van der Waals surface area (Å²) in [5.41, 5.74) is 1.64. The van der Waals surface area contributed by atoms with E-state index in [1.54, 1.807) is 0 Å². The van der Waals surface area contributed by atoms with Crippen molar-refractivity contribution >= 4 is 32.9 Å². The molecule has 0 bridgehead atoms. The SMILES string of the molecule is CN(C)CCNC(=O)c1nc2ccc(Br)cc2[nH]1. The Hall–Kier alpha value is -1.40. The van der Waals surface area contributed by atoms with E-state index in [0.29, 0.717) is 12.4 Å². The van der Waals surface area contributed by atoms with Crippen LogP contribution in [0.4, 0.5) is 0 Å². The second kappa shape index (κ2) is 5.49. The van der Waals surface area contributed by atoms with Crippen molar-refractivity contribution in [3.63, 3.8) is 0 Å². The molecule has 0 spiro atoms. The van der Waals surface area contributed by atoms with Crippen LogP contribution >= 0.6 is 15.9 Å². The summed E-state index contributed by atoms with van der Waals surface area (Å²) in [6.07, 6.45) is 0. The first-order valence-corrected chi connectivity index (χ1v) is 6.44. The number of aromatic nitrogens is 2. The van der Waals surface area contributed by atoms with Crippen LogP contribution in [-0.4, -0.2) is 48.0 Å². The molecule has 0 saturated heterocycles. The lowest BCUT2D eigenvalue weighted by molar-refractivity contribution is 0.0942. The smallest absolute Gasteiger partial charge is 0.287 e. The lowest BCUT2D eigenvalue weighted by Gasteiger charge is -2.09. The minimum Gasteiger partial charge on any atom is -0.348 e. The van der Waals surface area contributed by atoms with Gasteiger partial charge in [-0.3, -0.25) is 4.79 Å². The maximum Gasteiger partial charge on any atom is 0.287 e. The molecule has 96 valence electrons. The van der Waals surface area contributed by atoms with Crippen LogP contribution in [0.3, 0.4) is 0 Å². The highest BCUT2D eigenvalue weighted by atomic mass is 79.9. The number of benzene rings is 1.